The Bertz CT molecular complexity index is 1010. The van der Waals surface area contributed by atoms with E-state index in [1.807, 2.05) is 0 Å². The number of hydrogen-bond donors (Lipinski definition) is 1. The van der Waals surface area contributed by atoms with E-state index >= 15 is 0 Å². The number of anilines is 1. The summed E-state index contributed by atoms with van der Waals surface area (Å²) >= 11 is 1.23. The summed E-state index contributed by atoms with van der Waals surface area (Å²) in [4.78, 5) is 44.4. The number of non-ortho nitro benzene ring substituents is 1. The third-order valence-electron chi connectivity index (χ3n) is 4.01. The second-order valence-electron chi connectivity index (χ2n) is 5.79. The first-order valence-corrected chi connectivity index (χ1v) is 9.23. The lowest BCUT2D eigenvalue weighted by Gasteiger charge is -2.20. The molecule has 0 atom stereocenters. The first-order chi connectivity index (χ1) is 13.5. The van der Waals surface area contributed by atoms with E-state index in [0.717, 1.165) is 0 Å². The zero-order chi connectivity index (χ0) is 20.1. The fourth-order valence-corrected chi connectivity index (χ4v) is 3.29. The standard InChI is InChI=1S/C19H16N4O4S.ClH/c1-22(17(24)12-28-19-20-9-10-21-19)16-8-7-14(23(26)27)11-15(16)18(25)13-5-3-2-4-6-13;/h2-11H,12H2,1H3,(H,20,21);1H. The largest absolute Gasteiger partial charge is 0.340 e. The molecular weight excluding hydrogens is 416 g/mol. The second-order valence-corrected chi connectivity index (χ2v) is 6.75. The van der Waals surface area contributed by atoms with Gasteiger partial charge in [-0.2, -0.15) is 0 Å². The maximum absolute atomic E-state index is 12.9. The van der Waals surface area contributed by atoms with Crippen LogP contribution in [-0.2, 0) is 4.79 Å². The van der Waals surface area contributed by atoms with Crippen molar-refractivity contribution in [2.24, 2.45) is 0 Å². The molecule has 1 aromatic heterocycles. The average molecular weight is 433 g/mol. The van der Waals surface area contributed by atoms with Crippen molar-refractivity contribution in [1.82, 2.24) is 9.97 Å². The highest BCUT2D eigenvalue weighted by Crippen LogP contribution is 2.28. The Kier molecular flexibility index (Phi) is 7.52. The van der Waals surface area contributed by atoms with Crippen LogP contribution in [0.1, 0.15) is 15.9 Å². The van der Waals surface area contributed by atoms with Gasteiger partial charge in [-0.25, -0.2) is 4.98 Å². The lowest BCUT2D eigenvalue weighted by molar-refractivity contribution is -0.384. The van der Waals surface area contributed by atoms with Gasteiger partial charge < -0.3 is 9.88 Å². The van der Waals surface area contributed by atoms with Crippen molar-refractivity contribution in [3.8, 4) is 0 Å². The number of ketones is 1. The minimum absolute atomic E-state index is 0. The number of rotatable bonds is 7. The Morgan fingerprint density at radius 1 is 1.21 bits per heavy atom. The van der Waals surface area contributed by atoms with Gasteiger partial charge in [0.1, 0.15) is 0 Å². The molecule has 8 nitrogen and oxygen atoms in total. The van der Waals surface area contributed by atoms with Gasteiger partial charge in [0.05, 0.1) is 21.9 Å². The van der Waals surface area contributed by atoms with Crippen LogP contribution in [0, 0.1) is 10.1 Å². The second kappa shape index (κ2) is 9.85. The van der Waals surface area contributed by atoms with Gasteiger partial charge in [0.15, 0.2) is 10.9 Å². The van der Waals surface area contributed by atoms with Crippen LogP contribution in [0.25, 0.3) is 0 Å². The number of H-pyrrole nitrogens is 1. The Hall–Kier alpha value is -3.17. The first kappa shape index (κ1) is 22.1. The third kappa shape index (κ3) is 5.21. The molecule has 0 unspecified atom stereocenters. The Labute approximate surface area is 176 Å². The summed E-state index contributed by atoms with van der Waals surface area (Å²) in [6.07, 6.45) is 3.24. The van der Waals surface area contributed by atoms with Crippen LogP contribution >= 0.6 is 24.2 Å². The van der Waals surface area contributed by atoms with Crippen LogP contribution in [-0.4, -0.2) is 39.4 Å². The summed E-state index contributed by atoms with van der Waals surface area (Å²) < 4.78 is 0. The number of aromatic amines is 1. The smallest absolute Gasteiger partial charge is 0.270 e. The van der Waals surface area contributed by atoms with Crippen molar-refractivity contribution in [3.05, 3.63) is 82.2 Å². The number of nitrogens with one attached hydrogen (secondary N) is 1. The summed E-state index contributed by atoms with van der Waals surface area (Å²) in [7, 11) is 1.54. The highest BCUT2D eigenvalue weighted by atomic mass is 35.5. The Morgan fingerprint density at radius 2 is 1.93 bits per heavy atom. The molecule has 0 spiro atoms. The molecule has 2 aromatic carbocycles. The van der Waals surface area contributed by atoms with Crippen LogP contribution in [0.4, 0.5) is 11.4 Å². The predicted octanol–water partition coefficient (Wildman–Crippen LogP) is 3.73. The van der Waals surface area contributed by atoms with Gasteiger partial charge in [-0.05, 0) is 6.07 Å². The minimum Gasteiger partial charge on any atom is -0.340 e. The highest BCUT2D eigenvalue weighted by Gasteiger charge is 2.23. The quantitative estimate of drug-likeness (QED) is 0.263. The SMILES string of the molecule is CN(C(=O)CSc1ncc[nH]1)c1ccc([N+](=O)[O-])cc1C(=O)c1ccccc1.Cl. The van der Waals surface area contributed by atoms with Crippen LogP contribution in [0.2, 0.25) is 0 Å². The van der Waals surface area contributed by atoms with Crippen LogP contribution in [0.5, 0.6) is 0 Å². The van der Waals surface area contributed by atoms with E-state index in [1.54, 1.807) is 42.7 Å². The molecule has 0 aliphatic rings. The van der Waals surface area contributed by atoms with E-state index < -0.39 is 10.7 Å². The van der Waals surface area contributed by atoms with E-state index in [2.05, 4.69) is 9.97 Å². The van der Waals surface area contributed by atoms with Gasteiger partial charge in [0, 0.05) is 37.1 Å². The summed E-state index contributed by atoms with van der Waals surface area (Å²) in [5.41, 5.74) is 0.577. The van der Waals surface area contributed by atoms with E-state index in [1.165, 1.54) is 41.9 Å². The van der Waals surface area contributed by atoms with Crippen molar-refractivity contribution < 1.29 is 14.5 Å². The van der Waals surface area contributed by atoms with E-state index in [-0.39, 0.29) is 35.3 Å². The highest BCUT2D eigenvalue weighted by molar-refractivity contribution is 7.99. The molecule has 0 saturated carbocycles. The van der Waals surface area contributed by atoms with Gasteiger partial charge in [-0.1, -0.05) is 42.1 Å². The summed E-state index contributed by atoms with van der Waals surface area (Å²) in [6.45, 7) is 0. The molecule has 1 heterocycles. The van der Waals surface area contributed by atoms with Gasteiger partial charge in [-0.15, -0.1) is 12.4 Å². The number of imidazole rings is 1. The first-order valence-electron chi connectivity index (χ1n) is 8.24. The van der Waals surface area contributed by atoms with Crippen LogP contribution in [0.3, 0.4) is 0 Å². The molecule has 0 fully saturated rings. The molecule has 3 aromatic rings. The zero-order valence-electron chi connectivity index (χ0n) is 15.3. The van der Waals surface area contributed by atoms with Crippen molar-refractivity contribution in [2.45, 2.75) is 5.16 Å². The number of nitro benzene ring substituents is 1. The molecule has 0 saturated heterocycles. The fraction of sp³-hybridized carbons (Fsp3) is 0.105. The van der Waals surface area contributed by atoms with Crippen molar-refractivity contribution in [3.63, 3.8) is 0 Å². The molecule has 29 heavy (non-hydrogen) atoms. The molecule has 1 amide bonds. The number of carbonyl (C=O) groups excluding carboxylic acids is 2. The lowest BCUT2D eigenvalue weighted by atomic mass is 10.0. The van der Waals surface area contributed by atoms with Crippen LogP contribution in [0.15, 0.2) is 66.1 Å². The molecule has 0 aliphatic heterocycles. The van der Waals surface area contributed by atoms with E-state index in [9.17, 15) is 19.7 Å². The monoisotopic (exact) mass is 432 g/mol. The molecule has 0 radical (unpaired) electrons. The lowest BCUT2D eigenvalue weighted by Crippen LogP contribution is -2.29. The molecule has 10 heteroatoms. The number of thioether (sulfide) groups is 1. The average Bonchev–Trinajstić information content (AvgIpc) is 3.24. The van der Waals surface area contributed by atoms with Gasteiger partial charge in [0.2, 0.25) is 5.91 Å². The summed E-state index contributed by atoms with van der Waals surface area (Å²) in [5.74, 6) is -0.560. The van der Waals surface area contributed by atoms with Gasteiger partial charge >= 0.3 is 0 Å². The van der Waals surface area contributed by atoms with Crippen molar-refractivity contribution in [1.29, 1.82) is 0 Å². The number of amides is 1. The zero-order valence-corrected chi connectivity index (χ0v) is 16.9. The Morgan fingerprint density at radius 3 is 2.55 bits per heavy atom. The number of nitrogens with zero attached hydrogens (tertiary/aromatic N) is 3. The number of halogens is 1. The molecule has 0 bridgehead atoms. The van der Waals surface area contributed by atoms with E-state index in [4.69, 9.17) is 0 Å². The normalized spacial score (nSPS) is 10.1. The molecule has 0 aliphatic carbocycles. The number of carbonyl (C=O) groups is 2. The molecule has 150 valence electrons. The number of hydrogen-bond acceptors (Lipinski definition) is 6. The fourth-order valence-electron chi connectivity index (χ4n) is 2.55. The van der Waals surface area contributed by atoms with Gasteiger partial charge in [0.25, 0.3) is 5.69 Å². The summed E-state index contributed by atoms with van der Waals surface area (Å²) in [6, 6.07) is 12.3. The third-order valence-corrected chi connectivity index (χ3v) is 4.90. The van der Waals surface area contributed by atoms with Crippen molar-refractivity contribution >= 4 is 47.2 Å². The number of nitro groups is 1. The molecular formula is C19H17ClN4O4S. The van der Waals surface area contributed by atoms with Gasteiger partial charge in [-0.3, -0.25) is 19.7 Å². The Balaban J connectivity index is 0.00000300. The van der Waals surface area contributed by atoms with Crippen LogP contribution < -0.4 is 4.90 Å². The maximum atomic E-state index is 12.9. The van der Waals surface area contributed by atoms with E-state index in [0.29, 0.717) is 16.4 Å². The maximum Gasteiger partial charge on any atom is 0.270 e. The molecule has 3 rings (SSSR count). The minimum atomic E-state index is -0.569. The predicted molar refractivity (Wildman–Crippen MR) is 113 cm³/mol. The molecule has 1 N–H and O–H groups in total. The number of benzene rings is 2. The topological polar surface area (TPSA) is 109 Å². The van der Waals surface area contributed by atoms with Crippen molar-refractivity contribution in [2.75, 3.05) is 17.7 Å². The number of aromatic nitrogens is 2. The summed E-state index contributed by atoms with van der Waals surface area (Å²) in [5, 5.41) is 11.8.